The summed E-state index contributed by atoms with van der Waals surface area (Å²) in [6.07, 6.45) is 4.54. The molecule has 1 aliphatic heterocycles. The van der Waals surface area contributed by atoms with Crippen LogP contribution in [0.25, 0.3) is 0 Å². The first kappa shape index (κ1) is 11.8. The van der Waals surface area contributed by atoms with Crippen molar-refractivity contribution in [2.75, 3.05) is 0 Å². The van der Waals surface area contributed by atoms with E-state index in [0.717, 1.165) is 6.42 Å². The van der Waals surface area contributed by atoms with E-state index >= 15 is 0 Å². The van der Waals surface area contributed by atoms with Gasteiger partial charge in [0.1, 0.15) is 0 Å². The number of hydrogen-bond acceptors (Lipinski definition) is 2. The zero-order chi connectivity index (χ0) is 12.1. The van der Waals surface area contributed by atoms with Crippen LogP contribution in [0, 0.1) is 11.3 Å². The van der Waals surface area contributed by atoms with E-state index < -0.39 is 0 Å². The molecule has 2 nitrogen and oxygen atoms in total. The van der Waals surface area contributed by atoms with Crippen LogP contribution in [0.3, 0.4) is 0 Å². The number of fused-ring (bicyclic) bond motifs is 1. The van der Waals surface area contributed by atoms with E-state index in [1.165, 1.54) is 12.0 Å². The van der Waals surface area contributed by atoms with Crippen molar-refractivity contribution in [2.24, 2.45) is 11.3 Å². The van der Waals surface area contributed by atoms with E-state index in [0.29, 0.717) is 12.0 Å². The molecule has 1 aliphatic carbocycles. The molecule has 2 fully saturated rings. The van der Waals surface area contributed by atoms with Gasteiger partial charge in [-0.05, 0) is 45.1 Å². The zero-order valence-corrected chi connectivity index (χ0v) is 11.0. The topological polar surface area (TPSA) is 29.6 Å². The molecule has 0 unspecified atom stereocenters. The van der Waals surface area contributed by atoms with Crippen LogP contribution in [-0.2, 0) is 9.53 Å². The molecular weight excluding hydrogens is 200 g/mol. The van der Waals surface area contributed by atoms with Gasteiger partial charge in [0, 0.05) is 5.92 Å². The summed E-state index contributed by atoms with van der Waals surface area (Å²) in [5, 5.41) is 0. The maximum Gasteiger partial charge on any atom is 0.152 e. The van der Waals surface area contributed by atoms with E-state index in [-0.39, 0.29) is 16.8 Å². The molecule has 1 saturated heterocycles. The van der Waals surface area contributed by atoms with Crippen molar-refractivity contribution in [3.63, 3.8) is 0 Å². The number of hydrogen-bond donors (Lipinski definition) is 0. The van der Waals surface area contributed by atoms with Crippen LogP contribution in [0.4, 0.5) is 0 Å². The number of allylic oxidation sites excluding steroid dienone is 1. The number of epoxide rings is 1. The molecule has 2 heteroatoms. The van der Waals surface area contributed by atoms with Crippen molar-refractivity contribution in [1.82, 2.24) is 0 Å². The Morgan fingerprint density at radius 2 is 1.94 bits per heavy atom. The minimum atomic E-state index is -0.0161. The Morgan fingerprint density at radius 3 is 2.50 bits per heavy atom. The first-order chi connectivity index (χ1) is 7.27. The second-order valence-electron chi connectivity index (χ2n) is 6.25. The Morgan fingerprint density at radius 1 is 1.31 bits per heavy atom. The molecule has 0 aromatic carbocycles. The summed E-state index contributed by atoms with van der Waals surface area (Å²) in [4.78, 5) is 11.2. The minimum absolute atomic E-state index is 0.0161. The normalized spacial score (nSPS) is 41.4. The van der Waals surface area contributed by atoms with Crippen LogP contribution in [0.2, 0.25) is 0 Å². The number of ketones is 1. The number of rotatable bonds is 2. The summed E-state index contributed by atoms with van der Waals surface area (Å²) < 4.78 is 5.86. The SMILES string of the molecule is CC(=O)/C=C(/C)[C@@H]1C(C)(C)CC[C@H]2O[C@@]12C. The van der Waals surface area contributed by atoms with Gasteiger partial charge in [-0.1, -0.05) is 19.4 Å². The molecule has 0 amide bonds. The standard InChI is InChI=1S/C14H22O2/c1-9(8-10(2)15)12-13(3,4)7-6-11-14(12,5)16-11/h8,11-12H,6-7H2,1-5H3/b9-8-/t11-,12-,14-/m1/s1. The number of carbonyl (C=O) groups excluding carboxylic acids is 1. The van der Waals surface area contributed by atoms with Crippen molar-refractivity contribution in [2.45, 2.75) is 59.2 Å². The van der Waals surface area contributed by atoms with E-state index in [9.17, 15) is 4.79 Å². The summed E-state index contributed by atoms with van der Waals surface area (Å²) in [6.45, 7) is 10.5. The zero-order valence-electron chi connectivity index (χ0n) is 11.0. The largest absolute Gasteiger partial charge is 0.366 e. The highest BCUT2D eigenvalue weighted by atomic mass is 16.6. The highest BCUT2D eigenvalue weighted by Crippen LogP contribution is 2.60. The molecule has 2 aliphatic rings. The van der Waals surface area contributed by atoms with Gasteiger partial charge in [0.15, 0.2) is 5.78 Å². The Labute approximate surface area is 98.1 Å². The average Bonchev–Trinajstić information content (AvgIpc) is 2.72. The van der Waals surface area contributed by atoms with Gasteiger partial charge in [0.05, 0.1) is 11.7 Å². The monoisotopic (exact) mass is 222 g/mol. The molecule has 1 saturated carbocycles. The van der Waals surface area contributed by atoms with E-state index in [1.54, 1.807) is 13.0 Å². The first-order valence-corrected chi connectivity index (χ1v) is 6.14. The third-order valence-corrected chi connectivity index (χ3v) is 4.27. The molecule has 1 heterocycles. The van der Waals surface area contributed by atoms with Crippen molar-refractivity contribution < 1.29 is 9.53 Å². The van der Waals surface area contributed by atoms with Gasteiger partial charge >= 0.3 is 0 Å². The third-order valence-electron chi connectivity index (χ3n) is 4.27. The molecule has 0 radical (unpaired) electrons. The lowest BCUT2D eigenvalue weighted by atomic mass is 9.61. The van der Waals surface area contributed by atoms with Gasteiger partial charge < -0.3 is 4.74 Å². The van der Waals surface area contributed by atoms with Gasteiger partial charge in [-0.2, -0.15) is 0 Å². The lowest BCUT2D eigenvalue weighted by Gasteiger charge is -2.41. The maximum absolute atomic E-state index is 11.2. The van der Waals surface area contributed by atoms with Crippen molar-refractivity contribution in [1.29, 1.82) is 0 Å². The average molecular weight is 222 g/mol. The summed E-state index contributed by atoms with van der Waals surface area (Å²) in [5.41, 5.74) is 1.40. The van der Waals surface area contributed by atoms with E-state index in [1.807, 2.05) is 0 Å². The molecule has 0 N–H and O–H groups in total. The van der Waals surface area contributed by atoms with Gasteiger partial charge in [-0.3, -0.25) is 4.79 Å². The fourth-order valence-electron chi connectivity index (χ4n) is 3.77. The minimum Gasteiger partial charge on any atom is -0.366 e. The smallest absolute Gasteiger partial charge is 0.152 e. The molecular formula is C14H22O2. The highest BCUT2D eigenvalue weighted by Gasteiger charge is 2.64. The van der Waals surface area contributed by atoms with Gasteiger partial charge in [0.2, 0.25) is 0 Å². The predicted molar refractivity (Wildman–Crippen MR) is 64.2 cm³/mol. The molecule has 3 atom stereocenters. The fraction of sp³-hybridized carbons (Fsp3) is 0.786. The predicted octanol–water partition coefficient (Wildman–Crippen LogP) is 3.12. The van der Waals surface area contributed by atoms with Crippen LogP contribution < -0.4 is 0 Å². The van der Waals surface area contributed by atoms with Crippen LogP contribution in [0.5, 0.6) is 0 Å². The molecule has 0 aromatic rings. The Hall–Kier alpha value is -0.630. The Bertz CT molecular complexity index is 349. The lowest BCUT2D eigenvalue weighted by Crippen LogP contribution is -2.41. The summed E-state index contributed by atoms with van der Waals surface area (Å²) >= 11 is 0. The molecule has 0 aromatic heterocycles. The molecule has 0 spiro atoms. The Kier molecular flexibility index (Phi) is 2.54. The summed E-state index contributed by atoms with van der Waals surface area (Å²) in [6, 6.07) is 0. The summed E-state index contributed by atoms with van der Waals surface area (Å²) in [7, 11) is 0. The van der Waals surface area contributed by atoms with E-state index in [4.69, 9.17) is 4.74 Å². The lowest BCUT2D eigenvalue weighted by molar-refractivity contribution is -0.112. The third kappa shape index (κ3) is 1.73. The van der Waals surface area contributed by atoms with Crippen LogP contribution in [-0.4, -0.2) is 17.5 Å². The quantitative estimate of drug-likeness (QED) is 0.530. The first-order valence-electron chi connectivity index (χ1n) is 6.14. The van der Waals surface area contributed by atoms with Gasteiger partial charge in [-0.15, -0.1) is 0 Å². The highest BCUT2D eigenvalue weighted by molar-refractivity contribution is 5.88. The molecule has 0 bridgehead atoms. The molecule has 90 valence electrons. The van der Waals surface area contributed by atoms with Gasteiger partial charge in [0.25, 0.3) is 0 Å². The molecule has 16 heavy (non-hydrogen) atoms. The van der Waals surface area contributed by atoms with Crippen molar-refractivity contribution in [3.05, 3.63) is 11.6 Å². The number of ether oxygens (including phenoxy) is 1. The van der Waals surface area contributed by atoms with Gasteiger partial charge in [-0.25, -0.2) is 0 Å². The summed E-state index contributed by atoms with van der Waals surface area (Å²) in [5.74, 6) is 0.516. The Balaban J connectivity index is 2.32. The molecule has 2 rings (SSSR count). The second kappa shape index (κ2) is 3.43. The van der Waals surface area contributed by atoms with Crippen molar-refractivity contribution >= 4 is 5.78 Å². The maximum atomic E-state index is 11.2. The number of carbonyl (C=O) groups is 1. The van der Waals surface area contributed by atoms with E-state index in [2.05, 4.69) is 27.7 Å². The van der Waals surface area contributed by atoms with Crippen LogP contribution >= 0.6 is 0 Å². The second-order valence-corrected chi connectivity index (χ2v) is 6.25. The fourth-order valence-corrected chi connectivity index (χ4v) is 3.77. The van der Waals surface area contributed by atoms with Crippen LogP contribution in [0.1, 0.15) is 47.5 Å². The van der Waals surface area contributed by atoms with Crippen molar-refractivity contribution in [3.8, 4) is 0 Å². The van der Waals surface area contributed by atoms with Crippen LogP contribution in [0.15, 0.2) is 11.6 Å².